The zero-order valence-electron chi connectivity index (χ0n) is 18.6. The van der Waals surface area contributed by atoms with Gasteiger partial charge >= 0.3 is 5.97 Å². The van der Waals surface area contributed by atoms with Crippen molar-refractivity contribution in [1.82, 2.24) is 5.43 Å². The van der Waals surface area contributed by atoms with Crippen molar-refractivity contribution in [2.75, 3.05) is 6.61 Å². The zero-order chi connectivity index (χ0) is 24.8. The van der Waals surface area contributed by atoms with Crippen LogP contribution >= 0.6 is 47.8 Å². The third kappa shape index (κ3) is 6.55. The van der Waals surface area contributed by atoms with Gasteiger partial charge in [-0.15, -0.1) is 0 Å². The minimum absolute atomic E-state index is 0.186. The summed E-state index contributed by atoms with van der Waals surface area (Å²) in [5, 5.41) is 4.01. The molecule has 3 aromatic rings. The van der Waals surface area contributed by atoms with Crippen molar-refractivity contribution in [2.24, 2.45) is 5.10 Å². The fraction of sp³-hybridized carbons (Fsp3) is 0.160. The summed E-state index contributed by atoms with van der Waals surface area (Å²) in [4.78, 5) is 25.0. The number of nitrogens with one attached hydrogen (secondary N) is 1. The van der Waals surface area contributed by atoms with E-state index in [1.807, 2.05) is 39.0 Å². The highest BCUT2D eigenvalue weighted by atomic mass is 79.9. The zero-order valence-corrected chi connectivity index (χ0v) is 23.4. The first-order chi connectivity index (χ1) is 16.2. The minimum atomic E-state index is -0.536. The quantitative estimate of drug-likeness (QED) is 0.134. The highest BCUT2D eigenvalue weighted by molar-refractivity contribution is 9.11. The summed E-state index contributed by atoms with van der Waals surface area (Å²) in [6.07, 6.45) is 1.40. The first kappa shape index (κ1) is 26.1. The lowest BCUT2D eigenvalue weighted by Crippen LogP contribution is -2.25. The number of amides is 1. The van der Waals surface area contributed by atoms with Crippen LogP contribution in [0.3, 0.4) is 0 Å². The molecule has 0 saturated carbocycles. The van der Waals surface area contributed by atoms with Crippen LogP contribution in [0.2, 0.25) is 0 Å². The summed E-state index contributed by atoms with van der Waals surface area (Å²) in [6.45, 7) is 5.69. The van der Waals surface area contributed by atoms with Crippen LogP contribution in [0.25, 0.3) is 0 Å². The molecule has 3 rings (SSSR count). The molecule has 3 aromatic carbocycles. The number of hydrazone groups is 1. The number of halogens is 3. The average molecular weight is 653 g/mol. The van der Waals surface area contributed by atoms with Crippen molar-refractivity contribution in [1.29, 1.82) is 0 Å². The number of hydrogen-bond donors (Lipinski definition) is 1. The first-order valence-corrected chi connectivity index (χ1v) is 12.5. The van der Waals surface area contributed by atoms with E-state index >= 15 is 0 Å². The number of ether oxygens (including phenoxy) is 2. The maximum atomic E-state index is 12.7. The van der Waals surface area contributed by atoms with Gasteiger partial charge in [0.25, 0.3) is 5.91 Å². The van der Waals surface area contributed by atoms with Crippen molar-refractivity contribution in [3.05, 3.63) is 89.8 Å². The molecule has 0 spiro atoms. The van der Waals surface area contributed by atoms with Crippen LogP contribution in [-0.2, 0) is 4.79 Å². The number of hydrogen-bond acceptors (Lipinski definition) is 5. The summed E-state index contributed by atoms with van der Waals surface area (Å²) in [6, 6.07) is 14.4. The van der Waals surface area contributed by atoms with Crippen molar-refractivity contribution in [3.8, 4) is 11.5 Å². The van der Waals surface area contributed by atoms with E-state index in [9.17, 15) is 9.59 Å². The number of benzene rings is 3. The molecule has 0 unspecified atom stereocenters. The van der Waals surface area contributed by atoms with Gasteiger partial charge in [0.1, 0.15) is 5.75 Å². The molecule has 1 amide bonds. The van der Waals surface area contributed by atoms with E-state index in [-0.39, 0.29) is 12.4 Å². The smallest absolute Gasteiger partial charge is 0.344 e. The van der Waals surface area contributed by atoms with E-state index in [1.165, 1.54) is 6.21 Å². The molecule has 0 aliphatic heterocycles. The van der Waals surface area contributed by atoms with Crippen LogP contribution in [-0.4, -0.2) is 24.7 Å². The maximum absolute atomic E-state index is 12.7. The van der Waals surface area contributed by atoms with Gasteiger partial charge < -0.3 is 9.47 Å². The lowest BCUT2D eigenvalue weighted by molar-refractivity contribution is -0.123. The molecule has 0 heterocycles. The third-order valence-electron chi connectivity index (χ3n) is 4.94. The largest absolute Gasteiger partial charge is 0.483 e. The van der Waals surface area contributed by atoms with Crippen molar-refractivity contribution in [3.63, 3.8) is 0 Å². The Morgan fingerprint density at radius 1 is 0.941 bits per heavy atom. The van der Waals surface area contributed by atoms with Gasteiger partial charge in [0.2, 0.25) is 0 Å². The second-order valence-electron chi connectivity index (χ2n) is 7.41. The van der Waals surface area contributed by atoms with E-state index in [1.54, 1.807) is 30.3 Å². The fourth-order valence-electron chi connectivity index (χ4n) is 3.05. The molecule has 176 valence electrons. The van der Waals surface area contributed by atoms with Gasteiger partial charge in [0.05, 0.1) is 16.3 Å². The number of esters is 1. The molecule has 0 aliphatic rings. The lowest BCUT2D eigenvalue weighted by Gasteiger charge is -2.13. The average Bonchev–Trinajstić information content (AvgIpc) is 2.78. The van der Waals surface area contributed by atoms with Crippen LogP contribution in [0.5, 0.6) is 11.5 Å². The Balaban J connectivity index is 1.71. The summed E-state index contributed by atoms with van der Waals surface area (Å²) < 4.78 is 13.2. The lowest BCUT2D eigenvalue weighted by atomic mass is 10.1. The molecule has 0 saturated heterocycles. The molecule has 0 atom stereocenters. The molecule has 0 radical (unpaired) electrons. The topological polar surface area (TPSA) is 77.0 Å². The van der Waals surface area contributed by atoms with Crippen LogP contribution in [0.1, 0.15) is 32.6 Å². The number of aryl methyl sites for hydroxylation is 2. The summed E-state index contributed by atoms with van der Waals surface area (Å²) >= 11 is 10.2. The summed E-state index contributed by atoms with van der Waals surface area (Å²) in [5.41, 5.74) is 6.34. The van der Waals surface area contributed by atoms with Crippen molar-refractivity contribution >= 4 is 65.9 Å². The number of rotatable bonds is 7. The molecule has 34 heavy (non-hydrogen) atoms. The van der Waals surface area contributed by atoms with Gasteiger partial charge in [-0.1, -0.05) is 40.2 Å². The fourth-order valence-corrected chi connectivity index (χ4v) is 4.84. The number of carbonyl (C=O) groups is 2. The van der Waals surface area contributed by atoms with Gasteiger partial charge in [0, 0.05) is 14.5 Å². The molecular weight excluding hydrogens is 632 g/mol. The Kier molecular flexibility index (Phi) is 9.04. The maximum Gasteiger partial charge on any atom is 0.344 e. The Morgan fingerprint density at radius 3 is 2.38 bits per heavy atom. The second-order valence-corrected chi connectivity index (χ2v) is 10.0. The standard InChI is InChI=1S/C25H21Br3N2O4/c1-14-8-9-15(2)23(16(14)3)33-13-22(31)30-29-12-17-10-18(26)11-21(28)24(17)34-25(32)19-6-4-5-7-20(19)27/h4-12H,13H2,1-3H3,(H,30,31). The Labute approximate surface area is 223 Å². The predicted molar refractivity (Wildman–Crippen MR) is 143 cm³/mol. The van der Waals surface area contributed by atoms with Gasteiger partial charge in [0.15, 0.2) is 12.4 Å². The Hall–Kier alpha value is -2.49. The SMILES string of the molecule is Cc1ccc(C)c(OCC(=O)NN=Cc2cc(Br)cc(Br)c2OC(=O)c2ccccc2Br)c1C. The molecule has 1 N–H and O–H groups in total. The van der Waals surface area contributed by atoms with Gasteiger partial charge in [-0.25, -0.2) is 10.2 Å². The Bertz CT molecular complexity index is 1280. The summed E-state index contributed by atoms with van der Waals surface area (Å²) in [7, 11) is 0. The van der Waals surface area contributed by atoms with Crippen LogP contribution in [0.15, 0.2) is 67.1 Å². The van der Waals surface area contributed by atoms with Crippen molar-refractivity contribution in [2.45, 2.75) is 20.8 Å². The van der Waals surface area contributed by atoms with E-state index in [0.717, 1.165) is 21.2 Å². The van der Waals surface area contributed by atoms with E-state index in [0.29, 0.717) is 25.8 Å². The molecule has 0 aliphatic carbocycles. The molecule has 9 heteroatoms. The minimum Gasteiger partial charge on any atom is -0.483 e. The highest BCUT2D eigenvalue weighted by Gasteiger charge is 2.17. The van der Waals surface area contributed by atoms with Gasteiger partial charge in [-0.2, -0.15) is 5.10 Å². The van der Waals surface area contributed by atoms with Crippen LogP contribution in [0.4, 0.5) is 0 Å². The molecule has 0 aromatic heterocycles. The highest BCUT2D eigenvalue weighted by Crippen LogP contribution is 2.33. The predicted octanol–water partition coefficient (Wildman–Crippen LogP) is 6.65. The Morgan fingerprint density at radius 2 is 1.65 bits per heavy atom. The van der Waals surface area contributed by atoms with Crippen LogP contribution in [0, 0.1) is 20.8 Å². The van der Waals surface area contributed by atoms with Gasteiger partial charge in [-0.3, -0.25) is 4.79 Å². The van der Waals surface area contributed by atoms with Gasteiger partial charge in [-0.05, 0) is 93.6 Å². The summed E-state index contributed by atoms with van der Waals surface area (Å²) in [5.74, 6) is 0.00407. The van der Waals surface area contributed by atoms with E-state index < -0.39 is 11.9 Å². The molecule has 0 bridgehead atoms. The van der Waals surface area contributed by atoms with E-state index in [2.05, 4.69) is 58.3 Å². The van der Waals surface area contributed by atoms with Crippen LogP contribution < -0.4 is 14.9 Å². The second kappa shape index (κ2) is 11.8. The molecule has 0 fully saturated rings. The van der Waals surface area contributed by atoms with E-state index in [4.69, 9.17) is 9.47 Å². The number of carbonyl (C=O) groups excluding carboxylic acids is 2. The third-order valence-corrected chi connectivity index (χ3v) is 6.68. The first-order valence-electron chi connectivity index (χ1n) is 10.1. The molecular formula is C25H21Br3N2O4. The molecule has 6 nitrogen and oxygen atoms in total. The van der Waals surface area contributed by atoms with Crippen molar-refractivity contribution < 1.29 is 19.1 Å². The normalized spacial score (nSPS) is 10.9. The number of nitrogens with zero attached hydrogens (tertiary/aromatic N) is 1. The monoisotopic (exact) mass is 650 g/mol.